The van der Waals surface area contributed by atoms with Crippen LogP contribution >= 0.6 is 34.3 Å². The van der Waals surface area contributed by atoms with E-state index in [1.165, 1.54) is 11.3 Å². The molecule has 0 fully saturated rings. The highest BCUT2D eigenvalue weighted by atomic mass is 35.5. The molecule has 8 heteroatoms. The van der Waals surface area contributed by atoms with Crippen LogP contribution in [0.1, 0.15) is 22.5 Å². The lowest BCUT2D eigenvalue weighted by Crippen LogP contribution is -2.06. The summed E-state index contributed by atoms with van der Waals surface area (Å²) in [6.45, 7) is 1.22. The summed E-state index contributed by atoms with van der Waals surface area (Å²) in [5, 5.41) is 4.94. The van der Waals surface area contributed by atoms with Gasteiger partial charge in [0.05, 0.1) is 23.1 Å². The fraction of sp³-hybridized carbons (Fsp3) is 0.222. The van der Waals surface area contributed by atoms with E-state index in [0.29, 0.717) is 35.4 Å². The molecule has 1 aromatic carbocycles. The molecule has 3 heterocycles. The second kappa shape index (κ2) is 7.65. The van der Waals surface area contributed by atoms with Crippen LogP contribution in [0.2, 0.25) is 5.02 Å². The van der Waals surface area contributed by atoms with Gasteiger partial charge in [-0.15, -0.1) is 22.7 Å². The summed E-state index contributed by atoms with van der Waals surface area (Å²) in [5.41, 5.74) is 1.04. The minimum Gasteiger partial charge on any atom is -0.489 e. The number of esters is 1. The average molecular weight is 408 g/mol. The van der Waals surface area contributed by atoms with E-state index in [9.17, 15) is 4.79 Å². The standard InChI is InChI=1S/C18H14ClNO4S2/c19-12-7-11(8-14-16(12)23-5-2-4-22-14)9-24-18(21)13-10-26-17(20-13)15-3-1-6-25-15/h1,3,6-8,10H,2,4-5,9H2. The number of ether oxygens (including phenoxy) is 3. The van der Waals surface area contributed by atoms with E-state index in [-0.39, 0.29) is 6.61 Å². The van der Waals surface area contributed by atoms with Gasteiger partial charge < -0.3 is 14.2 Å². The lowest BCUT2D eigenvalue weighted by molar-refractivity contribution is 0.0466. The second-order valence-corrected chi connectivity index (χ2v) is 7.76. The predicted molar refractivity (Wildman–Crippen MR) is 102 cm³/mol. The van der Waals surface area contributed by atoms with E-state index in [1.807, 2.05) is 17.5 Å². The Morgan fingerprint density at radius 1 is 1.27 bits per heavy atom. The van der Waals surface area contributed by atoms with Crippen molar-refractivity contribution >= 4 is 40.2 Å². The Bertz CT molecular complexity index is 923. The van der Waals surface area contributed by atoms with Crippen molar-refractivity contribution in [2.75, 3.05) is 13.2 Å². The van der Waals surface area contributed by atoms with Gasteiger partial charge in [0.15, 0.2) is 17.2 Å². The molecule has 2 aromatic heterocycles. The van der Waals surface area contributed by atoms with Gasteiger partial charge in [-0.25, -0.2) is 9.78 Å². The third-order valence-corrected chi connectivity index (χ3v) is 5.84. The Balaban J connectivity index is 1.45. The molecule has 0 saturated carbocycles. The summed E-state index contributed by atoms with van der Waals surface area (Å²) in [6.07, 6.45) is 0.797. The van der Waals surface area contributed by atoms with E-state index >= 15 is 0 Å². The van der Waals surface area contributed by atoms with E-state index in [4.69, 9.17) is 25.8 Å². The quantitative estimate of drug-likeness (QED) is 0.567. The number of thiazole rings is 1. The van der Waals surface area contributed by atoms with Crippen molar-refractivity contribution in [1.29, 1.82) is 0 Å². The zero-order valence-corrected chi connectivity index (χ0v) is 16.0. The Morgan fingerprint density at radius 3 is 3.00 bits per heavy atom. The molecule has 5 nitrogen and oxygen atoms in total. The van der Waals surface area contributed by atoms with Gasteiger partial charge in [-0.1, -0.05) is 17.7 Å². The molecule has 0 unspecified atom stereocenters. The number of hydrogen-bond donors (Lipinski definition) is 0. The minimum absolute atomic E-state index is 0.0844. The van der Waals surface area contributed by atoms with Crippen molar-refractivity contribution in [3.05, 3.63) is 51.3 Å². The van der Waals surface area contributed by atoms with E-state index in [1.54, 1.807) is 28.8 Å². The Kier molecular flexibility index (Phi) is 5.10. The van der Waals surface area contributed by atoms with Crippen LogP contribution in [0.4, 0.5) is 0 Å². The van der Waals surface area contributed by atoms with Crippen molar-refractivity contribution in [2.45, 2.75) is 13.0 Å². The fourth-order valence-corrected chi connectivity index (χ4v) is 4.36. The molecule has 4 rings (SSSR count). The largest absolute Gasteiger partial charge is 0.489 e. The molecule has 134 valence electrons. The number of nitrogens with zero attached hydrogens (tertiary/aromatic N) is 1. The smallest absolute Gasteiger partial charge is 0.358 e. The van der Waals surface area contributed by atoms with Gasteiger partial charge in [0.1, 0.15) is 11.6 Å². The minimum atomic E-state index is -0.465. The normalized spacial score (nSPS) is 13.3. The number of rotatable bonds is 4. The second-order valence-electron chi connectivity index (χ2n) is 5.55. The number of fused-ring (bicyclic) bond motifs is 1. The van der Waals surface area contributed by atoms with Gasteiger partial charge in [-0.05, 0) is 29.1 Å². The molecule has 3 aromatic rings. The van der Waals surface area contributed by atoms with Crippen LogP contribution in [0.5, 0.6) is 11.5 Å². The molecule has 0 radical (unpaired) electrons. The number of thiophene rings is 1. The molecule has 0 N–H and O–H groups in total. The Morgan fingerprint density at radius 2 is 2.15 bits per heavy atom. The summed E-state index contributed by atoms with van der Waals surface area (Å²) in [6, 6.07) is 7.43. The molecule has 0 amide bonds. The van der Waals surface area contributed by atoms with E-state index in [0.717, 1.165) is 21.9 Å². The van der Waals surface area contributed by atoms with Gasteiger partial charge in [0, 0.05) is 11.8 Å². The van der Waals surface area contributed by atoms with Crippen LogP contribution in [0.3, 0.4) is 0 Å². The van der Waals surface area contributed by atoms with Gasteiger partial charge in [0.2, 0.25) is 0 Å². The maximum absolute atomic E-state index is 12.3. The molecule has 1 aliphatic rings. The van der Waals surface area contributed by atoms with E-state index < -0.39 is 5.97 Å². The van der Waals surface area contributed by atoms with Gasteiger partial charge in [-0.3, -0.25) is 0 Å². The SMILES string of the molecule is O=C(OCc1cc(Cl)c2c(c1)OCCCO2)c1csc(-c2cccs2)n1. The van der Waals surface area contributed by atoms with Gasteiger partial charge in [-0.2, -0.15) is 0 Å². The lowest BCUT2D eigenvalue weighted by Gasteiger charge is -2.11. The number of hydrogen-bond acceptors (Lipinski definition) is 7. The third-order valence-electron chi connectivity index (χ3n) is 3.68. The summed E-state index contributed by atoms with van der Waals surface area (Å²) < 4.78 is 16.6. The number of benzene rings is 1. The molecule has 0 spiro atoms. The van der Waals surface area contributed by atoms with Crippen LogP contribution in [0.25, 0.3) is 9.88 Å². The topological polar surface area (TPSA) is 57.7 Å². The highest BCUT2D eigenvalue weighted by Crippen LogP contribution is 2.38. The third kappa shape index (κ3) is 3.70. The first-order valence-electron chi connectivity index (χ1n) is 7.95. The van der Waals surface area contributed by atoms with Crippen LogP contribution in [-0.4, -0.2) is 24.2 Å². The van der Waals surface area contributed by atoms with Gasteiger partial charge >= 0.3 is 5.97 Å². The number of carbonyl (C=O) groups is 1. The molecular weight excluding hydrogens is 394 g/mol. The van der Waals surface area contributed by atoms with Crippen LogP contribution in [0, 0.1) is 0 Å². The van der Waals surface area contributed by atoms with Crippen molar-refractivity contribution in [1.82, 2.24) is 4.98 Å². The first-order valence-corrected chi connectivity index (χ1v) is 10.1. The molecule has 0 bridgehead atoms. The van der Waals surface area contributed by atoms with Crippen LogP contribution in [0.15, 0.2) is 35.0 Å². The Labute approximate surface area is 163 Å². The zero-order chi connectivity index (χ0) is 17.9. The fourth-order valence-electron chi connectivity index (χ4n) is 2.47. The van der Waals surface area contributed by atoms with Gasteiger partial charge in [0.25, 0.3) is 0 Å². The monoisotopic (exact) mass is 407 g/mol. The lowest BCUT2D eigenvalue weighted by atomic mass is 10.2. The molecule has 0 saturated heterocycles. The van der Waals surface area contributed by atoms with Crippen molar-refractivity contribution in [3.63, 3.8) is 0 Å². The first-order chi connectivity index (χ1) is 12.7. The molecule has 26 heavy (non-hydrogen) atoms. The maximum Gasteiger partial charge on any atom is 0.358 e. The molecule has 0 atom stereocenters. The molecule has 1 aliphatic heterocycles. The number of carbonyl (C=O) groups excluding carboxylic acids is 1. The summed E-state index contributed by atoms with van der Waals surface area (Å²) in [7, 11) is 0. The van der Waals surface area contributed by atoms with Crippen LogP contribution in [-0.2, 0) is 11.3 Å². The summed E-state index contributed by atoms with van der Waals surface area (Å²) in [5.74, 6) is 0.654. The van der Waals surface area contributed by atoms with Crippen LogP contribution < -0.4 is 9.47 Å². The highest BCUT2D eigenvalue weighted by Gasteiger charge is 2.18. The van der Waals surface area contributed by atoms with Crippen molar-refractivity contribution in [3.8, 4) is 21.4 Å². The zero-order valence-electron chi connectivity index (χ0n) is 13.6. The van der Waals surface area contributed by atoms with E-state index in [2.05, 4.69) is 4.98 Å². The molecular formula is C18H14ClNO4S2. The first kappa shape index (κ1) is 17.3. The number of halogens is 1. The summed E-state index contributed by atoms with van der Waals surface area (Å²) >= 11 is 9.26. The summed E-state index contributed by atoms with van der Waals surface area (Å²) in [4.78, 5) is 17.6. The highest BCUT2D eigenvalue weighted by molar-refractivity contribution is 7.20. The van der Waals surface area contributed by atoms with Crippen molar-refractivity contribution < 1.29 is 19.0 Å². The average Bonchev–Trinajstić information content (AvgIpc) is 3.27. The molecule has 0 aliphatic carbocycles. The number of aromatic nitrogens is 1. The predicted octanol–water partition coefficient (Wildman–Crippen LogP) is 5.04. The maximum atomic E-state index is 12.3. The van der Waals surface area contributed by atoms with Crippen molar-refractivity contribution in [2.24, 2.45) is 0 Å². The Hall–Kier alpha value is -2.09.